The van der Waals surface area contributed by atoms with E-state index < -0.39 is 0 Å². The van der Waals surface area contributed by atoms with Crippen LogP contribution in [0.25, 0.3) is 5.57 Å². The number of rotatable bonds is 5. The van der Waals surface area contributed by atoms with Crippen molar-refractivity contribution in [3.8, 4) is 28.7 Å². The monoisotopic (exact) mass is 425 g/mol. The Morgan fingerprint density at radius 1 is 0.935 bits per heavy atom. The van der Waals surface area contributed by atoms with Crippen LogP contribution in [-0.2, 0) is 0 Å². The molecule has 2 aromatic rings. The van der Waals surface area contributed by atoms with E-state index in [-0.39, 0.29) is 5.91 Å². The SMILES string of the molecule is COc1cc(OC)c(C2=CCN(C(=O)c3ccc4c(c3)OCCCO4)CC2)c(OC)c1. The fraction of sp³-hybridized carbons (Fsp3) is 0.375. The predicted octanol–water partition coefficient (Wildman–Crippen LogP) is 3.80. The molecule has 2 aliphatic heterocycles. The third kappa shape index (κ3) is 4.26. The Morgan fingerprint density at radius 2 is 1.65 bits per heavy atom. The second kappa shape index (κ2) is 9.20. The summed E-state index contributed by atoms with van der Waals surface area (Å²) in [5.74, 6) is 3.33. The average molecular weight is 425 g/mol. The van der Waals surface area contributed by atoms with Crippen LogP contribution in [0.4, 0.5) is 0 Å². The Kier molecular flexibility index (Phi) is 6.21. The summed E-state index contributed by atoms with van der Waals surface area (Å²) in [6.07, 6.45) is 3.57. The summed E-state index contributed by atoms with van der Waals surface area (Å²) in [6.45, 7) is 2.31. The maximum absolute atomic E-state index is 13.1. The first-order valence-electron chi connectivity index (χ1n) is 10.3. The van der Waals surface area contributed by atoms with Crippen LogP contribution in [0, 0.1) is 0 Å². The number of hydrogen-bond donors (Lipinski definition) is 0. The van der Waals surface area contributed by atoms with Crippen molar-refractivity contribution in [1.29, 1.82) is 0 Å². The van der Waals surface area contributed by atoms with E-state index in [2.05, 4.69) is 6.08 Å². The summed E-state index contributed by atoms with van der Waals surface area (Å²) < 4.78 is 27.9. The Hall–Kier alpha value is -3.35. The Morgan fingerprint density at radius 3 is 2.26 bits per heavy atom. The molecule has 164 valence electrons. The van der Waals surface area contributed by atoms with Gasteiger partial charge in [0.25, 0.3) is 5.91 Å². The Labute approximate surface area is 182 Å². The van der Waals surface area contributed by atoms with Crippen LogP contribution >= 0.6 is 0 Å². The number of carbonyl (C=O) groups is 1. The van der Waals surface area contributed by atoms with Crippen LogP contribution in [-0.4, -0.2) is 58.4 Å². The second-order valence-electron chi connectivity index (χ2n) is 7.35. The van der Waals surface area contributed by atoms with Gasteiger partial charge in [-0.2, -0.15) is 0 Å². The molecule has 2 heterocycles. The molecular weight excluding hydrogens is 398 g/mol. The molecule has 2 aromatic carbocycles. The zero-order chi connectivity index (χ0) is 21.8. The highest BCUT2D eigenvalue weighted by Gasteiger charge is 2.24. The molecule has 31 heavy (non-hydrogen) atoms. The van der Waals surface area contributed by atoms with Gasteiger partial charge in [0.05, 0.1) is 40.1 Å². The van der Waals surface area contributed by atoms with Gasteiger partial charge < -0.3 is 28.6 Å². The van der Waals surface area contributed by atoms with Gasteiger partial charge in [0.2, 0.25) is 0 Å². The topological polar surface area (TPSA) is 66.5 Å². The molecule has 4 rings (SSSR count). The quantitative estimate of drug-likeness (QED) is 0.726. The minimum Gasteiger partial charge on any atom is -0.496 e. The number of amides is 1. The van der Waals surface area contributed by atoms with E-state index in [0.29, 0.717) is 67.0 Å². The van der Waals surface area contributed by atoms with Gasteiger partial charge in [0.15, 0.2) is 11.5 Å². The van der Waals surface area contributed by atoms with Crippen LogP contribution in [0.3, 0.4) is 0 Å². The minimum atomic E-state index is -0.0281. The van der Waals surface area contributed by atoms with E-state index in [9.17, 15) is 4.79 Å². The number of fused-ring (bicyclic) bond motifs is 1. The summed E-state index contributed by atoms with van der Waals surface area (Å²) in [5, 5.41) is 0. The minimum absolute atomic E-state index is 0.0281. The van der Waals surface area contributed by atoms with Gasteiger partial charge in [0.1, 0.15) is 17.2 Å². The third-order valence-electron chi connectivity index (χ3n) is 5.53. The lowest BCUT2D eigenvalue weighted by atomic mass is 9.96. The largest absolute Gasteiger partial charge is 0.496 e. The van der Waals surface area contributed by atoms with Gasteiger partial charge in [0, 0.05) is 37.2 Å². The van der Waals surface area contributed by atoms with E-state index in [0.717, 1.165) is 17.6 Å². The molecule has 0 aliphatic carbocycles. The van der Waals surface area contributed by atoms with Crippen LogP contribution in [0.2, 0.25) is 0 Å². The number of carbonyl (C=O) groups excluding carboxylic acids is 1. The van der Waals surface area contributed by atoms with E-state index >= 15 is 0 Å². The summed E-state index contributed by atoms with van der Waals surface area (Å²) in [6, 6.07) is 9.07. The number of nitrogens with zero attached hydrogens (tertiary/aromatic N) is 1. The van der Waals surface area contributed by atoms with Gasteiger partial charge in [-0.1, -0.05) is 6.08 Å². The van der Waals surface area contributed by atoms with Crippen molar-refractivity contribution < 1.29 is 28.5 Å². The number of benzene rings is 2. The first-order valence-corrected chi connectivity index (χ1v) is 10.3. The van der Waals surface area contributed by atoms with Crippen molar-refractivity contribution in [1.82, 2.24) is 4.90 Å². The summed E-state index contributed by atoms with van der Waals surface area (Å²) in [4.78, 5) is 14.9. The highest BCUT2D eigenvalue weighted by atomic mass is 16.5. The van der Waals surface area contributed by atoms with Gasteiger partial charge in [-0.05, 0) is 30.2 Å². The van der Waals surface area contributed by atoms with E-state index in [1.54, 1.807) is 33.5 Å². The first kappa shape index (κ1) is 20.9. The molecule has 0 fully saturated rings. The smallest absolute Gasteiger partial charge is 0.254 e. The van der Waals surface area contributed by atoms with E-state index in [1.807, 2.05) is 23.1 Å². The van der Waals surface area contributed by atoms with Crippen molar-refractivity contribution in [3.63, 3.8) is 0 Å². The summed E-state index contributed by atoms with van der Waals surface area (Å²) in [7, 11) is 4.86. The molecule has 7 nitrogen and oxygen atoms in total. The van der Waals surface area contributed by atoms with Gasteiger partial charge in [-0.3, -0.25) is 4.79 Å². The highest BCUT2D eigenvalue weighted by molar-refractivity contribution is 5.95. The van der Waals surface area contributed by atoms with Gasteiger partial charge in [-0.15, -0.1) is 0 Å². The highest BCUT2D eigenvalue weighted by Crippen LogP contribution is 2.41. The van der Waals surface area contributed by atoms with Crippen LogP contribution in [0.1, 0.15) is 28.8 Å². The van der Waals surface area contributed by atoms with Crippen LogP contribution in [0.15, 0.2) is 36.4 Å². The fourth-order valence-electron chi connectivity index (χ4n) is 3.88. The molecule has 0 unspecified atom stereocenters. The van der Waals surface area contributed by atoms with Crippen LogP contribution < -0.4 is 23.7 Å². The summed E-state index contributed by atoms with van der Waals surface area (Å²) in [5.41, 5.74) is 2.58. The molecule has 0 bridgehead atoms. The van der Waals surface area contributed by atoms with Crippen molar-refractivity contribution in [2.24, 2.45) is 0 Å². The van der Waals surface area contributed by atoms with Crippen molar-refractivity contribution in [2.75, 3.05) is 47.6 Å². The fourth-order valence-corrected chi connectivity index (χ4v) is 3.88. The molecular formula is C24H27NO6. The molecule has 0 aromatic heterocycles. The predicted molar refractivity (Wildman–Crippen MR) is 117 cm³/mol. The number of methoxy groups -OCH3 is 3. The van der Waals surface area contributed by atoms with E-state index in [4.69, 9.17) is 23.7 Å². The molecule has 0 N–H and O–H groups in total. The summed E-state index contributed by atoms with van der Waals surface area (Å²) >= 11 is 0. The molecule has 0 atom stereocenters. The number of ether oxygens (including phenoxy) is 5. The van der Waals surface area contributed by atoms with Crippen molar-refractivity contribution in [3.05, 3.63) is 47.5 Å². The lowest BCUT2D eigenvalue weighted by Gasteiger charge is -2.28. The molecule has 2 aliphatic rings. The zero-order valence-corrected chi connectivity index (χ0v) is 18.1. The van der Waals surface area contributed by atoms with Crippen molar-refractivity contribution >= 4 is 11.5 Å². The van der Waals surface area contributed by atoms with E-state index in [1.165, 1.54) is 0 Å². The third-order valence-corrected chi connectivity index (χ3v) is 5.53. The molecule has 7 heteroatoms. The molecule has 1 amide bonds. The molecule has 0 radical (unpaired) electrons. The Bertz CT molecular complexity index is 975. The van der Waals surface area contributed by atoms with Crippen molar-refractivity contribution in [2.45, 2.75) is 12.8 Å². The Balaban J connectivity index is 1.55. The standard InChI is InChI=1S/C24H27NO6/c1-27-18-14-21(28-2)23(22(15-18)29-3)16-7-9-25(10-8-16)24(26)17-5-6-19-20(13-17)31-12-4-11-30-19/h5-7,13-15H,4,8-12H2,1-3H3. The first-order chi connectivity index (χ1) is 15.1. The number of hydrogen-bond acceptors (Lipinski definition) is 6. The molecule has 0 saturated carbocycles. The van der Waals surface area contributed by atoms with Crippen LogP contribution in [0.5, 0.6) is 28.7 Å². The molecule has 0 saturated heterocycles. The van der Waals surface area contributed by atoms with Gasteiger partial charge >= 0.3 is 0 Å². The lowest BCUT2D eigenvalue weighted by molar-refractivity contribution is 0.0772. The average Bonchev–Trinajstić information content (AvgIpc) is 3.07. The zero-order valence-electron chi connectivity index (χ0n) is 18.1. The molecule has 0 spiro atoms. The normalized spacial score (nSPS) is 15.6. The second-order valence-corrected chi connectivity index (χ2v) is 7.35. The maximum Gasteiger partial charge on any atom is 0.254 e. The van der Waals surface area contributed by atoms with Gasteiger partial charge in [-0.25, -0.2) is 0 Å². The lowest BCUT2D eigenvalue weighted by Crippen LogP contribution is -2.34. The maximum atomic E-state index is 13.1.